The molecule has 1 heterocycles. The summed E-state index contributed by atoms with van der Waals surface area (Å²) in [6.07, 6.45) is 0. The summed E-state index contributed by atoms with van der Waals surface area (Å²) >= 11 is 0. The number of rotatable bonds is 2. The Balaban J connectivity index is 2.01. The molecule has 1 fully saturated rings. The van der Waals surface area contributed by atoms with Crippen LogP contribution in [0, 0.1) is 0 Å². The van der Waals surface area contributed by atoms with E-state index in [0.29, 0.717) is 37.7 Å². The van der Waals surface area contributed by atoms with Crippen molar-refractivity contribution < 1.29 is 19.1 Å². The van der Waals surface area contributed by atoms with Crippen LogP contribution in [0.15, 0.2) is 24.3 Å². The number of morpholine rings is 1. The van der Waals surface area contributed by atoms with Crippen LogP contribution in [0.4, 0.5) is 5.69 Å². The number of carbonyl (C=O) groups excluding carboxylic acids is 2. The highest BCUT2D eigenvalue weighted by Crippen LogP contribution is 2.22. The molecule has 0 atom stereocenters. The van der Waals surface area contributed by atoms with Crippen LogP contribution in [0.2, 0.25) is 0 Å². The second-order valence-electron chi connectivity index (χ2n) is 4.06. The van der Waals surface area contributed by atoms with E-state index in [1.807, 2.05) is 0 Å². The van der Waals surface area contributed by atoms with Crippen molar-refractivity contribution in [1.82, 2.24) is 4.90 Å². The Morgan fingerprint density at radius 3 is 2.63 bits per heavy atom. The minimum Gasteiger partial charge on any atom is -0.495 e. The van der Waals surface area contributed by atoms with E-state index in [1.165, 1.54) is 12.0 Å². The molecule has 6 heteroatoms. The van der Waals surface area contributed by atoms with E-state index in [9.17, 15) is 9.59 Å². The molecule has 0 radical (unpaired) electrons. The molecule has 0 aliphatic carbocycles. The molecule has 0 bridgehead atoms. The maximum Gasteiger partial charge on any atom is 0.314 e. The van der Waals surface area contributed by atoms with Crippen molar-refractivity contribution in [3.05, 3.63) is 24.3 Å². The number of methoxy groups -OCH3 is 1. The van der Waals surface area contributed by atoms with E-state index in [1.54, 1.807) is 24.3 Å². The summed E-state index contributed by atoms with van der Waals surface area (Å²) in [4.78, 5) is 25.3. The lowest BCUT2D eigenvalue weighted by molar-refractivity contribution is -0.145. The van der Waals surface area contributed by atoms with E-state index < -0.39 is 11.8 Å². The lowest BCUT2D eigenvalue weighted by Gasteiger charge is -2.26. The van der Waals surface area contributed by atoms with Crippen LogP contribution in [0.1, 0.15) is 0 Å². The number of hydrogen-bond donors (Lipinski definition) is 1. The summed E-state index contributed by atoms with van der Waals surface area (Å²) in [6, 6.07) is 6.95. The molecule has 1 aromatic rings. The predicted molar refractivity (Wildman–Crippen MR) is 69.0 cm³/mol. The zero-order valence-electron chi connectivity index (χ0n) is 10.7. The van der Waals surface area contributed by atoms with Gasteiger partial charge in [0.2, 0.25) is 0 Å². The molecule has 2 amide bonds. The smallest absolute Gasteiger partial charge is 0.314 e. The number of nitrogens with one attached hydrogen (secondary N) is 1. The normalized spacial score (nSPS) is 14.9. The summed E-state index contributed by atoms with van der Waals surface area (Å²) < 4.78 is 10.3. The predicted octanol–water partition coefficient (Wildman–Crippen LogP) is 0.492. The SMILES string of the molecule is COc1ccccc1NC(=O)C(=O)N1CCOCC1. The van der Waals surface area contributed by atoms with Crippen LogP contribution in [0.5, 0.6) is 5.75 Å². The van der Waals surface area contributed by atoms with Gasteiger partial charge < -0.3 is 19.7 Å². The zero-order chi connectivity index (χ0) is 13.7. The average molecular weight is 264 g/mol. The number of para-hydroxylation sites is 2. The van der Waals surface area contributed by atoms with E-state index in [4.69, 9.17) is 9.47 Å². The maximum atomic E-state index is 11.9. The van der Waals surface area contributed by atoms with Gasteiger partial charge in [-0.3, -0.25) is 9.59 Å². The lowest BCUT2D eigenvalue weighted by Crippen LogP contribution is -2.45. The molecule has 1 aromatic carbocycles. The number of ether oxygens (including phenoxy) is 2. The third-order valence-electron chi connectivity index (χ3n) is 2.85. The van der Waals surface area contributed by atoms with Gasteiger partial charge in [0.25, 0.3) is 0 Å². The molecule has 19 heavy (non-hydrogen) atoms. The molecule has 0 unspecified atom stereocenters. The molecular weight excluding hydrogens is 248 g/mol. The third kappa shape index (κ3) is 3.23. The largest absolute Gasteiger partial charge is 0.495 e. The van der Waals surface area contributed by atoms with Gasteiger partial charge in [-0.1, -0.05) is 12.1 Å². The van der Waals surface area contributed by atoms with Gasteiger partial charge in [0, 0.05) is 13.1 Å². The highest BCUT2D eigenvalue weighted by molar-refractivity contribution is 6.39. The number of carbonyl (C=O) groups is 2. The number of amides is 2. The fourth-order valence-electron chi connectivity index (χ4n) is 1.83. The van der Waals surface area contributed by atoms with Crippen LogP contribution in [-0.4, -0.2) is 50.1 Å². The average Bonchev–Trinajstić information content (AvgIpc) is 2.48. The lowest BCUT2D eigenvalue weighted by atomic mass is 10.3. The fraction of sp³-hybridized carbons (Fsp3) is 0.385. The van der Waals surface area contributed by atoms with Crippen molar-refractivity contribution >= 4 is 17.5 Å². The maximum absolute atomic E-state index is 11.9. The number of anilines is 1. The van der Waals surface area contributed by atoms with Crippen LogP contribution in [-0.2, 0) is 14.3 Å². The van der Waals surface area contributed by atoms with E-state index in [0.717, 1.165) is 0 Å². The Kier molecular flexibility index (Phi) is 4.35. The second-order valence-corrected chi connectivity index (χ2v) is 4.06. The van der Waals surface area contributed by atoms with Gasteiger partial charge in [0.1, 0.15) is 5.75 Å². The molecular formula is C13H16N2O4. The molecule has 1 aliphatic rings. The van der Waals surface area contributed by atoms with Gasteiger partial charge in [-0.05, 0) is 12.1 Å². The molecule has 102 valence electrons. The van der Waals surface area contributed by atoms with Crippen LogP contribution in [0.3, 0.4) is 0 Å². The van der Waals surface area contributed by atoms with Crippen molar-refractivity contribution in [2.24, 2.45) is 0 Å². The first-order chi connectivity index (χ1) is 9.22. The molecule has 0 spiro atoms. The van der Waals surface area contributed by atoms with Crippen molar-refractivity contribution in [1.29, 1.82) is 0 Å². The monoisotopic (exact) mass is 264 g/mol. The molecule has 1 saturated heterocycles. The van der Waals surface area contributed by atoms with Gasteiger partial charge in [-0.15, -0.1) is 0 Å². The molecule has 0 aromatic heterocycles. The summed E-state index contributed by atoms with van der Waals surface area (Å²) in [5, 5.41) is 2.56. The van der Waals surface area contributed by atoms with E-state index in [2.05, 4.69) is 5.32 Å². The summed E-state index contributed by atoms with van der Waals surface area (Å²) in [5.41, 5.74) is 0.483. The minimum atomic E-state index is -0.661. The summed E-state index contributed by atoms with van der Waals surface area (Å²) in [5.74, 6) is -0.689. The first kappa shape index (κ1) is 13.4. The highest BCUT2D eigenvalue weighted by atomic mass is 16.5. The fourth-order valence-corrected chi connectivity index (χ4v) is 1.83. The van der Waals surface area contributed by atoms with Crippen molar-refractivity contribution in [2.45, 2.75) is 0 Å². The standard InChI is InChI=1S/C13H16N2O4/c1-18-11-5-3-2-4-10(11)14-12(16)13(17)15-6-8-19-9-7-15/h2-5H,6-9H2,1H3,(H,14,16). The topological polar surface area (TPSA) is 67.9 Å². The first-order valence-corrected chi connectivity index (χ1v) is 6.03. The molecule has 1 aliphatic heterocycles. The quantitative estimate of drug-likeness (QED) is 0.789. The molecule has 0 saturated carbocycles. The van der Waals surface area contributed by atoms with Gasteiger partial charge in [0.05, 0.1) is 26.0 Å². The van der Waals surface area contributed by atoms with E-state index in [-0.39, 0.29) is 0 Å². The van der Waals surface area contributed by atoms with Crippen LogP contribution in [0.25, 0.3) is 0 Å². The second kappa shape index (κ2) is 6.19. The third-order valence-corrected chi connectivity index (χ3v) is 2.85. The zero-order valence-corrected chi connectivity index (χ0v) is 10.7. The Bertz CT molecular complexity index is 469. The van der Waals surface area contributed by atoms with Gasteiger partial charge >= 0.3 is 11.8 Å². The van der Waals surface area contributed by atoms with Crippen molar-refractivity contribution in [3.63, 3.8) is 0 Å². The highest BCUT2D eigenvalue weighted by Gasteiger charge is 2.24. The molecule has 6 nitrogen and oxygen atoms in total. The minimum absolute atomic E-state index is 0.443. The van der Waals surface area contributed by atoms with Gasteiger partial charge in [-0.25, -0.2) is 0 Å². The Labute approximate surface area is 111 Å². The van der Waals surface area contributed by atoms with Crippen LogP contribution < -0.4 is 10.1 Å². The van der Waals surface area contributed by atoms with Crippen molar-refractivity contribution in [2.75, 3.05) is 38.7 Å². The van der Waals surface area contributed by atoms with Gasteiger partial charge in [0.15, 0.2) is 0 Å². The Morgan fingerprint density at radius 2 is 1.95 bits per heavy atom. The van der Waals surface area contributed by atoms with Crippen molar-refractivity contribution in [3.8, 4) is 5.75 Å². The molecule has 1 N–H and O–H groups in total. The van der Waals surface area contributed by atoms with E-state index >= 15 is 0 Å². The summed E-state index contributed by atoms with van der Waals surface area (Å²) in [7, 11) is 1.51. The Hall–Kier alpha value is -2.08. The molecule has 2 rings (SSSR count). The van der Waals surface area contributed by atoms with Gasteiger partial charge in [-0.2, -0.15) is 0 Å². The number of hydrogen-bond acceptors (Lipinski definition) is 4. The number of nitrogens with zero attached hydrogens (tertiary/aromatic N) is 1. The Morgan fingerprint density at radius 1 is 1.26 bits per heavy atom. The first-order valence-electron chi connectivity index (χ1n) is 6.03. The number of benzene rings is 1. The summed E-state index contributed by atoms with van der Waals surface area (Å²) in [6.45, 7) is 1.82. The van der Waals surface area contributed by atoms with Crippen LogP contribution >= 0.6 is 0 Å².